The number of carbonyl (C=O) groups excluding carboxylic acids is 1. The van der Waals surface area contributed by atoms with Crippen LogP contribution in [-0.2, 0) is 4.74 Å². The van der Waals surface area contributed by atoms with Crippen LogP contribution < -0.4 is 0 Å². The minimum absolute atomic E-state index is 0.108. The standard InChI is InChI=1S/C12H19NO4/c1-3-5-6-7-10(14)11-8-9(13-17-11)12(15)16-4-2/h8,10,14H,3-7H2,1-2H3. The molecule has 0 aromatic carbocycles. The Balaban J connectivity index is 2.51. The van der Waals surface area contributed by atoms with Crippen molar-refractivity contribution in [1.29, 1.82) is 0 Å². The molecule has 0 spiro atoms. The van der Waals surface area contributed by atoms with E-state index in [1.165, 1.54) is 6.07 Å². The summed E-state index contributed by atoms with van der Waals surface area (Å²) in [6, 6.07) is 1.44. The Bertz CT molecular complexity index is 348. The Labute approximate surface area is 101 Å². The summed E-state index contributed by atoms with van der Waals surface area (Å²) < 4.78 is 9.70. The Morgan fingerprint density at radius 1 is 1.53 bits per heavy atom. The molecule has 1 aromatic heterocycles. The number of aliphatic hydroxyl groups is 1. The van der Waals surface area contributed by atoms with Crippen molar-refractivity contribution >= 4 is 5.97 Å². The van der Waals surface area contributed by atoms with Gasteiger partial charge in [0.1, 0.15) is 6.10 Å². The fraction of sp³-hybridized carbons (Fsp3) is 0.667. The fourth-order valence-corrected chi connectivity index (χ4v) is 1.48. The third-order valence-electron chi connectivity index (χ3n) is 2.42. The predicted octanol–water partition coefficient (Wildman–Crippen LogP) is 2.47. The van der Waals surface area contributed by atoms with E-state index in [0.717, 1.165) is 19.3 Å². The quantitative estimate of drug-likeness (QED) is 0.586. The number of hydrogen-bond acceptors (Lipinski definition) is 5. The molecule has 1 heterocycles. The van der Waals surface area contributed by atoms with Gasteiger partial charge in [-0.25, -0.2) is 4.79 Å². The SMILES string of the molecule is CCCCCC(O)c1cc(C(=O)OCC)no1. The van der Waals surface area contributed by atoms with E-state index in [2.05, 4.69) is 12.1 Å². The van der Waals surface area contributed by atoms with Gasteiger partial charge in [-0.3, -0.25) is 0 Å². The maximum atomic E-state index is 11.3. The highest BCUT2D eigenvalue weighted by Gasteiger charge is 2.18. The molecule has 0 saturated heterocycles. The fourth-order valence-electron chi connectivity index (χ4n) is 1.48. The van der Waals surface area contributed by atoms with Gasteiger partial charge in [0.15, 0.2) is 11.5 Å². The predicted molar refractivity (Wildman–Crippen MR) is 61.6 cm³/mol. The number of aliphatic hydroxyl groups excluding tert-OH is 1. The molecule has 17 heavy (non-hydrogen) atoms. The average molecular weight is 241 g/mol. The summed E-state index contributed by atoms with van der Waals surface area (Å²) >= 11 is 0. The van der Waals surface area contributed by atoms with Crippen LogP contribution in [0.2, 0.25) is 0 Å². The van der Waals surface area contributed by atoms with Crippen molar-refractivity contribution in [2.75, 3.05) is 6.61 Å². The molecule has 0 aliphatic rings. The van der Waals surface area contributed by atoms with E-state index in [0.29, 0.717) is 18.8 Å². The molecule has 1 rings (SSSR count). The van der Waals surface area contributed by atoms with Gasteiger partial charge < -0.3 is 14.4 Å². The van der Waals surface area contributed by atoms with Crippen molar-refractivity contribution in [3.63, 3.8) is 0 Å². The number of esters is 1. The maximum absolute atomic E-state index is 11.3. The molecule has 1 unspecified atom stereocenters. The highest BCUT2D eigenvalue weighted by Crippen LogP contribution is 2.20. The van der Waals surface area contributed by atoms with Crippen molar-refractivity contribution < 1.29 is 19.2 Å². The van der Waals surface area contributed by atoms with Crippen LogP contribution in [0, 0.1) is 0 Å². The zero-order valence-electron chi connectivity index (χ0n) is 10.3. The van der Waals surface area contributed by atoms with Gasteiger partial charge in [-0.15, -0.1) is 0 Å². The highest BCUT2D eigenvalue weighted by molar-refractivity contribution is 5.87. The van der Waals surface area contributed by atoms with Gasteiger partial charge in [-0.05, 0) is 13.3 Å². The van der Waals surface area contributed by atoms with Crippen LogP contribution in [-0.4, -0.2) is 22.8 Å². The molecular weight excluding hydrogens is 222 g/mol. The molecule has 1 atom stereocenters. The topological polar surface area (TPSA) is 72.6 Å². The number of aromatic nitrogens is 1. The Morgan fingerprint density at radius 3 is 2.94 bits per heavy atom. The van der Waals surface area contributed by atoms with E-state index in [9.17, 15) is 9.90 Å². The lowest BCUT2D eigenvalue weighted by Gasteiger charge is -2.04. The van der Waals surface area contributed by atoms with E-state index in [1.807, 2.05) is 0 Å². The number of nitrogens with zero attached hydrogens (tertiary/aromatic N) is 1. The number of carbonyl (C=O) groups is 1. The van der Waals surface area contributed by atoms with Crippen LogP contribution in [0.4, 0.5) is 0 Å². The van der Waals surface area contributed by atoms with E-state index in [-0.39, 0.29) is 5.69 Å². The lowest BCUT2D eigenvalue weighted by molar-refractivity contribution is 0.0513. The first-order valence-corrected chi connectivity index (χ1v) is 6.00. The van der Waals surface area contributed by atoms with Crippen LogP contribution in [0.15, 0.2) is 10.6 Å². The summed E-state index contributed by atoms with van der Waals surface area (Å²) in [6.07, 6.45) is 3.00. The molecule has 0 saturated carbocycles. The number of hydrogen-bond donors (Lipinski definition) is 1. The van der Waals surface area contributed by atoms with Gasteiger partial charge in [0, 0.05) is 6.07 Å². The number of rotatable bonds is 7. The van der Waals surface area contributed by atoms with E-state index < -0.39 is 12.1 Å². The van der Waals surface area contributed by atoms with Gasteiger partial charge in [0.25, 0.3) is 0 Å². The summed E-state index contributed by atoms with van der Waals surface area (Å²) in [6.45, 7) is 4.11. The Morgan fingerprint density at radius 2 is 2.29 bits per heavy atom. The third kappa shape index (κ3) is 4.19. The minimum atomic E-state index is -0.697. The van der Waals surface area contributed by atoms with Gasteiger partial charge in [-0.1, -0.05) is 31.3 Å². The Hall–Kier alpha value is -1.36. The number of ether oxygens (including phenoxy) is 1. The van der Waals surface area contributed by atoms with Gasteiger partial charge in [-0.2, -0.15) is 0 Å². The second-order valence-electron chi connectivity index (χ2n) is 3.85. The molecule has 1 aromatic rings. The largest absolute Gasteiger partial charge is 0.461 e. The van der Waals surface area contributed by atoms with E-state index in [1.54, 1.807) is 6.92 Å². The van der Waals surface area contributed by atoms with Crippen LogP contribution in [0.25, 0.3) is 0 Å². The van der Waals surface area contributed by atoms with Crippen molar-refractivity contribution in [2.24, 2.45) is 0 Å². The molecule has 0 amide bonds. The van der Waals surface area contributed by atoms with Crippen molar-refractivity contribution in [1.82, 2.24) is 5.16 Å². The summed E-state index contributed by atoms with van der Waals surface area (Å²) in [5.41, 5.74) is 0.108. The molecule has 0 aliphatic carbocycles. The average Bonchev–Trinajstić information content (AvgIpc) is 2.79. The first-order chi connectivity index (χ1) is 8.19. The van der Waals surface area contributed by atoms with E-state index >= 15 is 0 Å². The lowest BCUT2D eigenvalue weighted by Crippen LogP contribution is -2.04. The minimum Gasteiger partial charge on any atom is -0.461 e. The smallest absolute Gasteiger partial charge is 0.360 e. The van der Waals surface area contributed by atoms with Crippen LogP contribution >= 0.6 is 0 Å². The summed E-state index contributed by atoms with van der Waals surface area (Å²) in [4.78, 5) is 11.3. The van der Waals surface area contributed by atoms with Gasteiger partial charge in [0.2, 0.25) is 0 Å². The molecule has 96 valence electrons. The Kier molecular flexibility index (Phi) is 5.69. The summed E-state index contributed by atoms with van der Waals surface area (Å²) in [7, 11) is 0. The second kappa shape index (κ2) is 7.06. The molecule has 0 radical (unpaired) electrons. The van der Waals surface area contributed by atoms with Crippen LogP contribution in [0.3, 0.4) is 0 Å². The zero-order chi connectivity index (χ0) is 12.7. The van der Waals surface area contributed by atoms with Crippen molar-refractivity contribution in [3.05, 3.63) is 17.5 Å². The monoisotopic (exact) mass is 241 g/mol. The highest BCUT2D eigenvalue weighted by atomic mass is 16.5. The molecule has 0 aliphatic heterocycles. The first kappa shape index (κ1) is 13.7. The molecule has 1 N–H and O–H groups in total. The molecule has 0 bridgehead atoms. The summed E-state index contributed by atoms with van der Waals surface area (Å²) in [5.74, 6) is -0.201. The van der Waals surface area contributed by atoms with E-state index in [4.69, 9.17) is 9.26 Å². The van der Waals surface area contributed by atoms with Crippen molar-refractivity contribution in [3.8, 4) is 0 Å². The second-order valence-corrected chi connectivity index (χ2v) is 3.85. The van der Waals surface area contributed by atoms with Gasteiger partial charge in [0.05, 0.1) is 6.61 Å². The number of unbranched alkanes of at least 4 members (excludes halogenated alkanes) is 2. The van der Waals surface area contributed by atoms with Crippen LogP contribution in [0.1, 0.15) is 61.9 Å². The molecule has 5 heteroatoms. The normalized spacial score (nSPS) is 12.4. The van der Waals surface area contributed by atoms with Gasteiger partial charge >= 0.3 is 5.97 Å². The van der Waals surface area contributed by atoms with Crippen molar-refractivity contribution in [2.45, 2.75) is 45.6 Å². The van der Waals surface area contributed by atoms with Crippen LogP contribution in [0.5, 0.6) is 0 Å². The summed E-state index contributed by atoms with van der Waals surface area (Å²) in [5, 5.41) is 13.4. The lowest BCUT2D eigenvalue weighted by atomic mass is 10.1. The molecule has 0 fully saturated rings. The molecular formula is C12H19NO4. The molecule has 5 nitrogen and oxygen atoms in total. The maximum Gasteiger partial charge on any atom is 0.360 e. The third-order valence-corrected chi connectivity index (χ3v) is 2.42. The zero-order valence-corrected chi connectivity index (χ0v) is 10.3. The first-order valence-electron chi connectivity index (χ1n) is 6.00.